The van der Waals surface area contributed by atoms with Crippen molar-refractivity contribution in [2.24, 2.45) is 0 Å². The largest absolute Gasteiger partial charge is 0.310 e. The lowest BCUT2D eigenvalue weighted by Crippen LogP contribution is -2.13. The maximum absolute atomic E-state index is 2.44. The molecule has 274 valence electrons. The normalized spacial score (nSPS) is 11.1. The second kappa shape index (κ2) is 15.5. The van der Waals surface area contributed by atoms with Gasteiger partial charge in [-0.25, -0.2) is 0 Å². The van der Waals surface area contributed by atoms with Gasteiger partial charge in [0, 0.05) is 33.6 Å². The van der Waals surface area contributed by atoms with E-state index < -0.39 is 0 Å². The molecule has 0 amide bonds. The fourth-order valence-corrected chi connectivity index (χ4v) is 8.40. The summed E-state index contributed by atoms with van der Waals surface area (Å²) in [6.45, 7) is 0. The fraction of sp³-hybridized carbons (Fsp3) is 0. The predicted octanol–water partition coefficient (Wildman–Crippen LogP) is 15.9. The molecular weight excluding hydrogens is 701 g/mol. The summed E-state index contributed by atoms with van der Waals surface area (Å²) in [6.07, 6.45) is 0. The third-order valence-electron chi connectivity index (χ3n) is 11.0. The van der Waals surface area contributed by atoms with Crippen LogP contribution < -0.4 is 9.80 Å². The van der Waals surface area contributed by atoms with Crippen LogP contribution in [0.15, 0.2) is 243 Å². The van der Waals surface area contributed by atoms with Gasteiger partial charge >= 0.3 is 0 Å². The number of anilines is 6. The van der Waals surface area contributed by atoms with Crippen molar-refractivity contribution in [3.63, 3.8) is 0 Å². The van der Waals surface area contributed by atoms with Crippen molar-refractivity contribution in [1.29, 1.82) is 0 Å². The second-order valence-corrected chi connectivity index (χ2v) is 14.5. The summed E-state index contributed by atoms with van der Waals surface area (Å²) in [5.74, 6) is 0. The highest BCUT2D eigenvalue weighted by atomic mass is 15.2. The number of hydrogen-bond acceptors (Lipinski definition) is 2. The topological polar surface area (TPSA) is 6.48 Å². The molecule has 0 aliphatic carbocycles. The molecule has 0 saturated heterocycles. The van der Waals surface area contributed by atoms with Crippen molar-refractivity contribution in [1.82, 2.24) is 0 Å². The lowest BCUT2D eigenvalue weighted by molar-refractivity contribution is 1.28. The third-order valence-corrected chi connectivity index (χ3v) is 11.0. The zero-order valence-corrected chi connectivity index (χ0v) is 32.0. The molecule has 2 heteroatoms. The van der Waals surface area contributed by atoms with Crippen LogP contribution in [0.3, 0.4) is 0 Å². The fourth-order valence-electron chi connectivity index (χ4n) is 8.40. The van der Waals surface area contributed by atoms with Crippen LogP contribution in [-0.4, -0.2) is 0 Å². The molecule has 0 atom stereocenters. The average Bonchev–Trinajstić information content (AvgIpc) is 3.31. The lowest BCUT2D eigenvalue weighted by atomic mass is 9.93. The highest BCUT2D eigenvalue weighted by Crippen LogP contribution is 2.48. The van der Waals surface area contributed by atoms with Gasteiger partial charge in [0.15, 0.2) is 0 Å². The maximum atomic E-state index is 2.44. The average molecular weight is 741 g/mol. The Balaban J connectivity index is 1.25. The van der Waals surface area contributed by atoms with E-state index in [1.807, 2.05) is 0 Å². The molecule has 0 spiro atoms. The molecule has 0 saturated carbocycles. The molecule has 0 unspecified atom stereocenters. The Kier molecular flexibility index (Phi) is 9.27. The van der Waals surface area contributed by atoms with Gasteiger partial charge < -0.3 is 9.80 Å². The quantitative estimate of drug-likeness (QED) is 0.136. The predicted molar refractivity (Wildman–Crippen MR) is 247 cm³/mol. The Hall–Kier alpha value is -7.68. The van der Waals surface area contributed by atoms with Crippen LogP contribution in [0.25, 0.3) is 54.9 Å². The Morgan fingerprint density at radius 2 is 0.690 bits per heavy atom. The first-order chi connectivity index (χ1) is 28.8. The first-order valence-corrected chi connectivity index (χ1v) is 19.9. The van der Waals surface area contributed by atoms with Crippen molar-refractivity contribution < 1.29 is 0 Å². The summed E-state index contributed by atoms with van der Waals surface area (Å²) < 4.78 is 0. The molecule has 2 nitrogen and oxygen atoms in total. The summed E-state index contributed by atoms with van der Waals surface area (Å²) in [7, 11) is 0. The van der Waals surface area contributed by atoms with Crippen molar-refractivity contribution in [3.05, 3.63) is 243 Å². The van der Waals surface area contributed by atoms with E-state index in [9.17, 15) is 0 Å². The third kappa shape index (κ3) is 6.47. The minimum atomic E-state index is 1.07. The first kappa shape index (κ1) is 34.8. The van der Waals surface area contributed by atoms with Gasteiger partial charge in [-0.3, -0.25) is 0 Å². The second-order valence-electron chi connectivity index (χ2n) is 14.5. The first-order valence-electron chi connectivity index (χ1n) is 19.9. The molecule has 0 N–H and O–H groups in total. The summed E-state index contributed by atoms with van der Waals surface area (Å²) in [5.41, 5.74) is 13.7. The summed E-state index contributed by atoms with van der Waals surface area (Å²) in [6, 6.07) is 87.4. The van der Waals surface area contributed by atoms with Crippen LogP contribution in [0, 0.1) is 0 Å². The van der Waals surface area contributed by atoms with E-state index in [2.05, 4.69) is 252 Å². The Bertz CT molecular complexity index is 3000. The minimum absolute atomic E-state index is 1.07. The molecule has 0 bridgehead atoms. The van der Waals surface area contributed by atoms with E-state index in [1.165, 1.54) is 44.0 Å². The minimum Gasteiger partial charge on any atom is -0.310 e. The summed E-state index contributed by atoms with van der Waals surface area (Å²) in [4.78, 5) is 4.86. The van der Waals surface area contributed by atoms with E-state index in [0.717, 1.165) is 45.1 Å². The number of para-hydroxylation sites is 4. The number of benzene rings is 10. The van der Waals surface area contributed by atoms with Gasteiger partial charge in [-0.2, -0.15) is 0 Å². The Labute approximate surface area is 340 Å². The van der Waals surface area contributed by atoms with E-state index in [-0.39, 0.29) is 0 Å². The van der Waals surface area contributed by atoms with Crippen LogP contribution >= 0.6 is 0 Å². The van der Waals surface area contributed by atoms with Crippen LogP contribution in [0.5, 0.6) is 0 Å². The van der Waals surface area contributed by atoms with Crippen LogP contribution in [0.2, 0.25) is 0 Å². The molecule has 10 aromatic carbocycles. The SMILES string of the molecule is c1ccc(-c2ccccc2-c2ccccc2N(c2ccccc2)c2ccc3c(c2)c(N(c2ccccc2)c2ccccc2-c2ccccc2)cc2ccccc23)cc1. The van der Waals surface area contributed by atoms with E-state index in [1.54, 1.807) is 0 Å². The number of rotatable bonds is 9. The molecular formula is C56H40N2. The number of nitrogens with zero attached hydrogens (tertiary/aromatic N) is 2. The summed E-state index contributed by atoms with van der Waals surface area (Å²) in [5, 5.41) is 4.77. The zero-order chi connectivity index (χ0) is 38.7. The van der Waals surface area contributed by atoms with Gasteiger partial charge in [0.1, 0.15) is 0 Å². The van der Waals surface area contributed by atoms with Crippen LogP contribution in [0.1, 0.15) is 0 Å². The monoisotopic (exact) mass is 740 g/mol. The summed E-state index contributed by atoms with van der Waals surface area (Å²) >= 11 is 0. The molecule has 10 rings (SSSR count). The molecule has 10 aromatic rings. The molecule has 0 radical (unpaired) electrons. The molecule has 0 aliphatic heterocycles. The van der Waals surface area contributed by atoms with Gasteiger partial charge in [-0.15, -0.1) is 0 Å². The van der Waals surface area contributed by atoms with Gasteiger partial charge in [-0.05, 0) is 93.0 Å². The Morgan fingerprint density at radius 3 is 1.34 bits per heavy atom. The Morgan fingerprint density at radius 1 is 0.224 bits per heavy atom. The van der Waals surface area contributed by atoms with Crippen molar-refractivity contribution >= 4 is 55.7 Å². The van der Waals surface area contributed by atoms with Crippen LogP contribution in [0.4, 0.5) is 34.1 Å². The molecule has 58 heavy (non-hydrogen) atoms. The highest BCUT2D eigenvalue weighted by molar-refractivity contribution is 6.16. The zero-order valence-electron chi connectivity index (χ0n) is 32.0. The van der Waals surface area contributed by atoms with Crippen molar-refractivity contribution in [2.75, 3.05) is 9.80 Å². The standard InChI is InChI=1S/C56H40N2/c1-5-21-41(22-6-1)47-30-15-16-33-50(47)52-34-18-20-36-55(52)57(44-26-9-3-10-27-44)46-37-38-51-48-31-14-13-25-43(48)39-56(53(51)40-46)58(45-28-11-4-12-29-45)54-35-19-17-32-49(54)42-23-7-2-8-24-42/h1-40H. The number of hydrogen-bond donors (Lipinski definition) is 0. The van der Waals surface area contributed by atoms with E-state index in [0.29, 0.717) is 0 Å². The molecule has 0 aliphatic rings. The molecule has 0 aromatic heterocycles. The lowest BCUT2D eigenvalue weighted by Gasteiger charge is -2.31. The van der Waals surface area contributed by atoms with E-state index in [4.69, 9.17) is 0 Å². The van der Waals surface area contributed by atoms with Gasteiger partial charge in [0.25, 0.3) is 0 Å². The van der Waals surface area contributed by atoms with Crippen molar-refractivity contribution in [2.45, 2.75) is 0 Å². The van der Waals surface area contributed by atoms with Gasteiger partial charge in [-0.1, -0.05) is 188 Å². The molecule has 0 heterocycles. The van der Waals surface area contributed by atoms with Gasteiger partial charge in [0.2, 0.25) is 0 Å². The van der Waals surface area contributed by atoms with Gasteiger partial charge in [0.05, 0.1) is 17.1 Å². The smallest absolute Gasteiger partial charge is 0.0547 e. The molecule has 0 fully saturated rings. The van der Waals surface area contributed by atoms with E-state index >= 15 is 0 Å². The number of fused-ring (bicyclic) bond motifs is 3. The highest BCUT2D eigenvalue weighted by Gasteiger charge is 2.23. The van der Waals surface area contributed by atoms with Crippen LogP contribution in [-0.2, 0) is 0 Å². The van der Waals surface area contributed by atoms with Crippen molar-refractivity contribution in [3.8, 4) is 33.4 Å². The maximum Gasteiger partial charge on any atom is 0.0547 e.